The van der Waals surface area contributed by atoms with E-state index in [0.717, 1.165) is 50.9 Å². The Labute approximate surface area is 124 Å². The van der Waals surface area contributed by atoms with Crippen LogP contribution in [0.25, 0.3) is 0 Å². The Morgan fingerprint density at radius 2 is 1.80 bits per heavy atom. The van der Waals surface area contributed by atoms with Crippen molar-refractivity contribution in [3.05, 3.63) is 29.8 Å². The van der Waals surface area contributed by atoms with Crippen molar-refractivity contribution < 1.29 is 4.74 Å². The normalized spacial score (nSPS) is 11.0. The van der Waals surface area contributed by atoms with Gasteiger partial charge in [0.25, 0.3) is 0 Å². The first-order valence-electron chi connectivity index (χ1n) is 7.79. The summed E-state index contributed by atoms with van der Waals surface area (Å²) in [6, 6.07) is 8.21. The van der Waals surface area contributed by atoms with Crippen molar-refractivity contribution in [3.63, 3.8) is 0 Å². The van der Waals surface area contributed by atoms with E-state index in [-0.39, 0.29) is 0 Å². The van der Waals surface area contributed by atoms with Gasteiger partial charge in [0.05, 0.1) is 6.61 Å². The van der Waals surface area contributed by atoms with Crippen LogP contribution in [0.4, 0.5) is 0 Å². The van der Waals surface area contributed by atoms with Crippen LogP contribution in [0, 0.1) is 12.8 Å². The van der Waals surface area contributed by atoms with Crippen LogP contribution in [0.5, 0.6) is 5.75 Å². The molecule has 0 aliphatic carbocycles. The highest BCUT2D eigenvalue weighted by Crippen LogP contribution is 2.12. The van der Waals surface area contributed by atoms with Crippen molar-refractivity contribution in [3.8, 4) is 5.75 Å². The SMILES string of the molecule is Cc1cccc(OCCCNCCCNCC(C)C)c1. The lowest BCUT2D eigenvalue weighted by molar-refractivity contribution is 0.308. The van der Waals surface area contributed by atoms with Gasteiger partial charge >= 0.3 is 0 Å². The first-order chi connectivity index (χ1) is 9.68. The highest BCUT2D eigenvalue weighted by molar-refractivity contribution is 5.27. The molecule has 0 aromatic heterocycles. The quantitative estimate of drug-likeness (QED) is 0.611. The van der Waals surface area contributed by atoms with E-state index in [1.807, 2.05) is 12.1 Å². The monoisotopic (exact) mass is 278 g/mol. The standard InChI is InChI=1S/C17H30N2O/c1-15(2)14-19-10-5-9-18-11-6-12-20-17-8-4-7-16(3)13-17/h4,7-8,13,15,18-19H,5-6,9-12,14H2,1-3H3. The summed E-state index contributed by atoms with van der Waals surface area (Å²) < 4.78 is 5.71. The number of benzene rings is 1. The minimum Gasteiger partial charge on any atom is -0.494 e. The molecule has 0 spiro atoms. The van der Waals surface area contributed by atoms with Gasteiger partial charge < -0.3 is 15.4 Å². The third-order valence-corrected chi connectivity index (χ3v) is 3.02. The molecule has 1 rings (SSSR count). The largest absolute Gasteiger partial charge is 0.494 e. The lowest BCUT2D eigenvalue weighted by atomic mass is 10.2. The Morgan fingerprint density at radius 3 is 2.55 bits per heavy atom. The van der Waals surface area contributed by atoms with Gasteiger partial charge in [-0.15, -0.1) is 0 Å². The highest BCUT2D eigenvalue weighted by Gasteiger charge is 1.95. The molecule has 0 amide bonds. The average molecular weight is 278 g/mol. The van der Waals surface area contributed by atoms with Gasteiger partial charge in [-0.25, -0.2) is 0 Å². The zero-order chi connectivity index (χ0) is 14.6. The molecule has 0 aliphatic rings. The molecule has 20 heavy (non-hydrogen) atoms. The Morgan fingerprint density at radius 1 is 1.05 bits per heavy atom. The topological polar surface area (TPSA) is 33.3 Å². The van der Waals surface area contributed by atoms with Crippen molar-refractivity contribution in [2.75, 3.05) is 32.8 Å². The van der Waals surface area contributed by atoms with Crippen LogP contribution in [0.3, 0.4) is 0 Å². The molecule has 0 atom stereocenters. The summed E-state index contributed by atoms with van der Waals surface area (Å²) in [6.07, 6.45) is 2.23. The van der Waals surface area contributed by atoms with E-state index in [1.54, 1.807) is 0 Å². The third kappa shape index (κ3) is 8.94. The predicted molar refractivity (Wildman–Crippen MR) is 86.5 cm³/mol. The smallest absolute Gasteiger partial charge is 0.119 e. The van der Waals surface area contributed by atoms with Crippen LogP contribution in [0.1, 0.15) is 32.3 Å². The van der Waals surface area contributed by atoms with Gasteiger partial charge in [0, 0.05) is 0 Å². The first kappa shape index (κ1) is 17.0. The van der Waals surface area contributed by atoms with Crippen LogP contribution >= 0.6 is 0 Å². The number of rotatable bonds is 11. The van der Waals surface area contributed by atoms with Crippen molar-refractivity contribution in [2.24, 2.45) is 5.92 Å². The Bertz CT molecular complexity index is 353. The van der Waals surface area contributed by atoms with Gasteiger partial charge in [0.1, 0.15) is 5.75 Å². The van der Waals surface area contributed by atoms with Crippen molar-refractivity contribution in [1.29, 1.82) is 0 Å². The zero-order valence-electron chi connectivity index (χ0n) is 13.2. The van der Waals surface area contributed by atoms with Crippen LogP contribution in [-0.4, -0.2) is 32.8 Å². The number of ether oxygens (including phenoxy) is 1. The summed E-state index contributed by atoms with van der Waals surface area (Å²) in [5.41, 5.74) is 1.24. The predicted octanol–water partition coefficient (Wildman–Crippen LogP) is 2.99. The molecule has 1 aromatic carbocycles. The summed E-state index contributed by atoms with van der Waals surface area (Å²) >= 11 is 0. The molecule has 0 saturated heterocycles. The molecule has 3 heteroatoms. The maximum absolute atomic E-state index is 5.71. The number of hydrogen-bond donors (Lipinski definition) is 2. The molecule has 2 N–H and O–H groups in total. The lowest BCUT2D eigenvalue weighted by Gasteiger charge is -2.09. The summed E-state index contributed by atoms with van der Waals surface area (Å²) in [6.45, 7) is 11.7. The van der Waals surface area contributed by atoms with E-state index >= 15 is 0 Å². The Hall–Kier alpha value is -1.06. The second kappa shape index (κ2) is 10.7. The van der Waals surface area contributed by atoms with Crippen molar-refractivity contribution in [2.45, 2.75) is 33.6 Å². The Kier molecular flexibility index (Phi) is 9.09. The van der Waals surface area contributed by atoms with Crippen molar-refractivity contribution >= 4 is 0 Å². The third-order valence-electron chi connectivity index (χ3n) is 3.02. The second-order valence-corrected chi connectivity index (χ2v) is 5.72. The van der Waals surface area contributed by atoms with E-state index in [0.29, 0.717) is 0 Å². The molecule has 0 unspecified atom stereocenters. The first-order valence-corrected chi connectivity index (χ1v) is 7.79. The molecule has 114 valence electrons. The second-order valence-electron chi connectivity index (χ2n) is 5.72. The molecule has 3 nitrogen and oxygen atoms in total. The molecule has 0 aliphatic heterocycles. The van der Waals surface area contributed by atoms with Crippen LogP contribution in [-0.2, 0) is 0 Å². The maximum atomic E-state index is 5.71. The summed E-state index contributed by atoms with van der Waals surface area (Å²) in [5, 5.41) is 6.90. The fourth-order valence-corrected chi connectivity index (χ4v) is 1.95. The van der Waals surface area contributed by atoms with Crippen LogP contribution in [0.2, 0.25) is 0 Å². The molecule has 0 bridgehead atoms. The summed E-state index contributed by atoms with van der Waals surface area (Å²) in [7, 11) is 0. The molecule has 0 saturated carbocycles. The molecular formula is C17H30N2O. The zero-order valence-corrected chi connectivity index (χ0v) is 13.2. The molecule has 0 fully saturated rings. The summed E-state index contributed by atoms with van der Waals surface area (Å²) in [4.78, 5) is 0. The van der Waals surface area contributed by atoms with Gasteiger partial charge in [0.15, 0.2) is 0 Å². The number of aryl methyl sites for hydroxylation is 1. The van der Waals surface area contributed by atoms with E-state index in [4.69, 9.17) is 4.74 Å². The molecule has 1 aromatic rings. The molecule has 0 radical (unpaired) electrons. The van der Waals surface area contributed by atoms with Crippen molar-refractivity contribution in [1.82, 2.24) is 10.6 Å². The van der Waals surface area contributed by atoms with Gasteiger partial charge in [-0.05, 0) is 69.6 Å². The lowest BCUT2D eigenvalue weighted by Crippen LogP contribution is -2.25. The van der Waals surface area contributed by atoms with E-state index in [2.05, 4.69) is 43.5 Å². The van der Waals surface area contributed by atoms with Crippen LogP contribution < -0.4 is 15.4 Å². The minimum atomic E-state index is 0.738. The molecule has 0 heterocycles. The number of hydrogen-bond acceptors (Lipinski definition) is 3. The summed E-state index contributed by atoms with van der Waals surface area (Å²) in [5.74, 6) is 1.71. The van der Waals surface area contributed by atoms with Gasteiger partial charge in [-0.1, -0.05) is 26.0 Å². The van der Waals surface area contributed by atoms with Crippen LogP contribution in [0.15, 0.2) is 24.3 Å². The van der Waals surface area contributed by atoms with Gasteiger partial charge in [-0.3, -0.25) is 0 Å². The van der Waals surface area contributed by atoms with Gasteiger partial charge in [-0.2, -0.15) is 0 Å². The van der Waals surface area contributed by atoms with Gasteiger partial charge in [0.2, 0.25) is 0 Å². The minimum absolute atomic E-state index is 0.738. The fourth-order valence-electron chi connectivity index (χ4n) is 1.95. The van der Waals surface area contributed by atoms with E-state index < -0.39 is 0 Å². The van der Waals surface area contributed by atoms with E-state index in [9.17, 15) is 0 Å². The highest BCUT2D eigenvalue weighted by atomic mass is 16.5. The fraction of sp³-hybridized carbons (Fsp3) is 0.647. The molecular weight excluding hydrogens is 248 g/mol. The van der Waals surface area contributed by atoms with E-state index in [1.165, 1.54) is 12.0 Å². The average Bonchev–Trinajstić information content (AvgIpc) is 2.40. The maximum Gasteiger partial charge on any atom is 0.119 e. The number of nitrogens with one attached hydrogen (secondary N) is 2. The Balaban J connectivity index is 1.88.